The van der Waals surface area contributed by atoms with Gasteiger partial charge in [-0.2, -0.15) is 0 Å². The van der Waals surface area contributed by atoms with Gasteiger partial charge < -0.3 is 20.1 Å². The van der Waals surface area contributed by atoms with Crippen LogP contribution in [0, 0.1) is 5.41 Å². The Morgan fingerprint density at radius 2 is 2.11 bits per heavy atom. The van der Waals surface area contributed by atoms with Crippen molar-refractivity contribution in [1.29, 1.82) is 5.41 Å². The number of benzene rings is 1. The van der Waals surface area contributed by atoms with Gasteiger partial charge in [-0.15, -0.1) is 0 Å². The first-order valence-electron chi connectivity index (χ1n) is 9.62. The van der Waals surface area contributed by atoms with Gasteiger partial charge in [0.15, 0.2) is 0 Å². The second-order valence-corrected chi connectivity index (χ2v) is 7.80. The number of hydrogen-bond donors (Lipinski definition) is 2. The van der Waals surface area contributed by atoms with E-state index in [0.717, 1.165) is 62.5 Å². The largest absolute Gasteiger partial charge is 0.490 e. The van der Waals surface area contributed by atoms with Crippen molar-refractivity contribution in [2.45, 2.75) is 37.4 Å². The van der Waals surface area contributed by atoms with E-state index < -0.39 is 0 Å². The molecule has 0 atom stereocenters. The van der Waals surface area contributed by atoms with Gasteiger partial charge in [-0.3, -0.25) is 5.41 Å². The molecule has 3 N–H and O–H groups in total. The van der Waals surface area contributed by atoms with E-state index in [-0.39, 0.29) is 5.60 Å². The van der Waals surface area contributed by atoms with Gasteiger partial charge in [-0.25, -0.2) is 4.98 Å². The Morgan fingerprint density at radius 3 is 2.89 bits per heavy atom. The minimum Gasteiger partial charge on any atom is -0.490 e. The molecule has 0 unspecified atom stereocenters. The highest BCUT2D eigenvalue weighted by atomic mass is 16.5. The Balaban J connectivity index is 1.40. The Labute approximate surface area is 158 Å². The van der Waals surface area contributed by atoms with Crippen LogP contribution in [0.3, 0.4) is 0 Å². The van der Waals surface area contributed by atoms with E-state index >= 15 is 0 Å². The van der Waals surface area contributed by atoms with E-state index in [9.17, 15) is 0 Å². The lowest BCUT2D eigenvalue weighted by Gasteiger charge is -2.34. The van der Waals surface area contributed by atoms with Gasteiger partial charge in [0.05, 0.1) is 24.0 Å². The van der Waals surface area contributed by atoms with Gasteiger partial charge in [0.2, 0.25) is 0 Å². The summed E-state index contributed by atoms with van der Waals surface area (Å²) in [5.74, 6) is 1.68. The Morgan fingerprint density at radius 1 is 1.26 bits per heavy atom. The third kappa shape index (κ3) is 3.37. The summed E-state index contributed by atoms with van der Waals surface area (Å²) in [6, 6.07) is 9.43. The first-order chi connectivity index (χ1) is 13.1. The smallest absolute Gasteiger partial charge is 0.129 e. The minimum atomic E-state index is 0.0440. The number of aromatic nitrogens is 1. The summed E-state index contributed by atoms with van der Waals surface area (Å²) in [5, 5.41) is 8.70. The molecule has 1 aromatic carbocycles. The maximum absolute atomic E-state index is 8.70. The molecular weight excluding hydrogens is 340 g/mol. The van der Waals surface area contributed by atoms with E-state index in [0.29, 0.717) is 23.1 Å². The number of pyridine rings is 1. The summed E-state index contributed by atoms with van der Waals surface area (Å²) in [7, 11) is 0. The van der Waals surface area contributed by atoms with Crippen molar-refractivity contribution in [2.75, 3.05) is 30.3 Å². The highest BCUT2D eigenvalue weighted by Crippen LogP contribution is 2.42. The Kier molecular flexibility index (Phi) is 3.82. The van der Waals surface area contributed by atoms with Gasteiger partial charge >= 0.3 is 0 Å². The number of nitrogens with one attached hydrogen (secondary N) is 1. The zero-order valence-electron chi connectivity index (χ0n) is 15.3. The van der Waals surface area contributed by atoms with Crippen molar-refractivity contribution in [3.8, 4) is 5.75 Å². The van der Waals surface area contributed by atoms with Gasteiger partial charge in [-0.1, -0.05) is 0 Å². The second kappa shape index (κ2) is 6.23. The van der Waals surface area contributed by atoms with E-state index in [1.165, 1.54) is 0 Å². The monoisotopic (exact) mass is 364 g/mol. The lowest BCUT2D eigenvalue weighted by atomic mass is 10.0. The van der Waals surface area contributed by atoms with Crippen LogP contribution in [0.1, 0.15) is 36.8 Å². The highest BCUT2D eigenvalue weighted by Gasteiger charge is 2.47. The Hall–Kier alpha value is -2.60. The van der Waals surface area contributed by atoms with Crippen molar-refractivity contribution < 1.29 is 9.47 Å². The molecule has 1 aliphatic heterocycles. The molecule has 1 saturated heterocycles. The molecule has 3 aliphatic rings. The summed E-state index contributed by atoms with van der Waals surface area (Å²) < 4.78 is 11.8. The summed E-state index contributed by atoms with van der Waals surface area (Å²) in [4.78, 5) is 6.80. The number of morpholine rings is 1. The molecule has 2 saturated carbocycles. The van der Waals surface area contributed by atoms with Crippen LogP contribution in [0.25, 0.3) is 0 Å². The molecule has 1 spiro atoms. The molecule has 6 heteroatoms. The molecule has 140 valence electrons. The standard InChI is InChI=1S/C21H24N4O2/c22-18-4-3-16(27-15-1-2-15)12-17(18)20(23)14-5-8-24-19(11-14)25-9-10-26-21(13-25)6-7-21/h3-5,8,11-12,15,23H,1-2,6-7,9-10,13,22H2. The van der Waals surface area contributed by atoms with Gasteiger partial charge in [0.1, 0.15) is 11.6 Å². The van der Waals surface area contributed by atoms with Crippen LogP contribution in [0.5, 0.6) is 5.75 Å². The van der Waals surface area contributed by atoms with E-state index in [2.05, 4.69) is 9.88 Å². The third-order valence-corrected chi connectivity index (χ3v) is 5.54. The quantitative estimate of drug-likeness (QED) is 0.629. The van der Waals surface area contributed by atoms with Crippen molar-refractivity contribution in [3.05, 3.63) is 47.7 Å². The molecule has 1 aromatic heterocycles. The van der Waals surface area contributed by atoms with E-state index in [4.69, 9.17) is 20.6 Å². The maximum Gasteiger partial charge on any atom is 0.129 e. The summed E-state index contributed by atoms with van der Waals surface area (Å²) in [6.07, 6.45) is 6.55. The number of rotatable bonds is 5. The van der Waals surface area contributed by atoms with Crippen LogP contribution in [0.4, 0.5) is 11.5 Å². The first kappa shape index (κ1) is 16.6. The average Bonchev–Trinajstić information content (AvgIpc) is 3.62. The number of anilines is 2. The molecule has 2 aliphatic carbocycles. The third-order valence-electron chi connectivity index (χ3n) is 5.54. The highest BCUT2D eigenvalue weighted by molar-refractivity contribution is 6.14. The molecule has 2 aromatic rings. The minimum absolute atomic E-state index is 0.0440. The molecule has 27 heavy (non-hydrogen) atoms. The van der Waals surface area contributed by atoms with Crippen molar-refractivity contribution in [3.63, 3.8) is 0 Å². The SMILES string of the molecule is N=C(c1ccnc(N2CCOC3(CC3)C2)c1)c1cc(OC2CC2)ccc1N. The number of nitrogen functional groups attached to an aromatic ring is 1. The lowest BCUT2D eigenvalue weighted by molar-refractivity contribution is 0.0204. The van der Waals surface area contributed by atoms with E-state index in [1.807, 2.05) is 30.3 Å². The van der Waals surface area contributed by atoms with Crippen LogP contribution in [-0.4, -0.2) is 42.1 Å². The fraction of sp³-hybridized carbons (Fsp3) is 0.429. The van der Waals surface area contributed by atoms with Crippen LogP contribution in [-0.2, 0) is 4.74 Å². The summed E-state index contributed by atoms with van der Waals surface area (Å²) in [6.45, 7) is 2.44. The summed E-state index contributed by atoms with van der Waals surface area (Å²) >= 11 is 0. The van der Waals surface area contributed by atoms with Crippen LogP contribution in [0.2, 0.25) is 0 Å². The molecule has 3 fully saturated rings. The van der Waals surface area contributed by atoms with Gasteiger partial charge in [0.25, 0.3) is 0 Å². The zero-order valence-corrected chi connectivity index (χ0v) is 15.3. The fourth-order valence-corrected chi connectivity index (χ4v) is 3.59. The fourth-order valence-electron chi connectivity index (χ4n) is 3.59. The van der Waals surface area contributed by atoms with Gasteiger partial charge in [0, 0.05) is 36.1 Å². The summed E-state index contributed by atoms with van der Waals surface area (Å²) in [5.41, 5.74) is 8.70. The van der Waals surface area contributed by atoms with Gasteiger partial charge in [-0.05, 0) is 56.0 Å². The molecule has 2 heterocycles. The molecule has 6 nitrogen and oxygen atoms in total. The molecular formula is C21H24N4O2. The molecule has 5 rings (SSSR count). The Bertz CT molecular complexity index is 890. The van der Waals surface area contributed by atoms with Crippen LogP contribution < -0.4 is 15.4 Å². The number of nitrogens with two attached hydrogens (primary N) is 1. The van der Waals surface area contributed by atoms with E-state index in [1.54, 1.807) is 6.20 Å². The first-order valence-corrected chi connectivity index (χ1v) is 9.62. The topological polar surface area (TPSA) is 84.5 Å². The van der Waals surface area contributed by atoms with Crippen molar-refractivity contribution in [1.82, 2.24) is 4.98 Å². The number of hydrogen-bond acceptors (Lipinski definition) is 6. The predicted molar refractivity (Wildman–Crippen MR) is 105 cm³/mol. The average molecular weight is 364 g/mol. The maximum atomic E-state index is 8.70. The number of ether oxygens (including phenoxy) is 2. The molecule has 0 bridgehead atoms. The van der Waals surface area contributed by atoms with Crippen LogP contribution >= 0.6 is 0 Å². The lowest BCUT2D eigenvalue weighted by Crippen LogP contribution is -2.44. The molecule has 0 radical (unpaired) electrons. The predicted octanol–water partition coefficient (Wildman–Crippen LogP) is 2.99. The zero-order chi connectivity index (χ0) is 18.4. The van der Waals surface area contributed by atoms with Crippen molar-refractivity contribution in [2.24, 2.45) is 0 Å². The normalized spacial score (nSPS) is 20.5. The second-order valence-electron chi connectivity index (χ2n) is 7.80. The van der Waals surface area contributed by atoms with Crippen molar-refractivity contribution >= 4 is 17.2 Å². The number of nitrogens with zero attached hydrogens (tertiary/aromatic N) is 2. The molecule has 0 amide bonds. The van der Waals surface area contributed by atoms with Crippen LogP contribution in [0.15, 0.2) is 36.5 Å².